The van der Waals surface area contributed by atoms with Gasteiger partial charge in [0.2, 0.25) is 11.8 Å². The smallest absolute Gasteiger partial charge is 0.226 e. The normalized spacial score (nSPS) is 25.0. The SMILES string of the molecule is CCC(=O)N1CCCN(C(=O)C2CC2c2ccc(C)s2)CC1. The predicted octanol–water partition coefficient (Wildman–Crippen LogP) is 2.63. The lowest BCUT2D eigenvalue weighted by Gasteiger charge is -2.22. The van der Waals surface area contributed by atoms with Crippen molar-refractivity contribution in [1.82, 2.24) is 9.80 Å². The van der Waals surface area contributed by atoms with Crippen molar-refractivity contribution < 1.29 is 9.59 Å². The third-order valence-corrected chi connectivity index (χ3v) is 5.83. The molecule has 2 fully saturated rings. The Morgan fingerprint density at radius 2 is 1.91 bits per heavy atom. The molecule has 1 aromatic rings. The summed E-state index contributed by atoms with van der Waals surface area (Å²) in [5.41, 5.74) is 0. The standard InChI is InChI=1S/C17H24N2O2S/c1-3-16(20)18-7-4-8-19(10-9-18)17(21)14-11-13(14)15-6-5-12(2)22-15/h5-6,13-14H,3-4,7-11H2,1-2H3. The van der Waals surface area contributed by atoms with Gasteiger partial charge in [-0.1, -0.05) is 6.92 Å². The molecule has 2 aliphatic rings. The number of thiophene rings is 1. The van der Waals surface area contributed by atoms with E-state index in [-0.39, 0.29) is 11.8 Å². The Balaban J connectivity index is 1.56. The van der Waals surface area contributed by atoms with Crippen molar-refractivity contribution in [2.24, 2.45) is 5.92 Å². The van der Waals surface area contributed by atoms with E-state index >= 15 is 0 Å². The second-order valence-electron chi connectivity index (χ2n) is 6.31. The average molecular weight is 320 g/mol. The number of rotatable bonds is 3. The molecule has 22 heavy (non-hydrogen) atoms. The molecule has 0 bridgehead atoms. The fourth-order valence-corrected chi connectivity index (χ4v) is 4.34. The first-order valence-electron chi connectivity index (χ1n) is 8.23. The fourth-order valence-electron chi connectivity index (χ4n) is 3.28. The Kier molecular flexibility index (Phi) is 4.52. The molecule has 2 amide bonds. The van der Waals surface area contributed by atoms with Crippen LogP contribution in [0.15, 0.2) is 12.1 Å². The maximum Gasteiger partial charge on any atom is 0.226 e. The van der Waals surface area contributed by atoms with E-state index in [9.17, 15) is 9.59 Å². The lowest BCUT2D eigenvalue weighted by atomic mass is 10.2. The van der Waals surface area contributed by atoms with E-state index in [1.807, 2.05) is 28.1 Å². The quantitative estimate of drug-likeness (QED) is 0.859. The van der Waals surface area contributed by atoms with Gasteiger partial charge in [-0.25, -0.2) is 0 Å². The molecule has 2 unspecified atom stereocenters. The molecule has 0 N–H and O–H groups in total. The van der Waals surface area contributed by atoms with Crippen LogP contribution in [-0.2, 0) is 9.59 Å². The van der Waals surface area contributed by atoms with Crippen LogP contribution in [0.5, 0.6) is 0 Å². The van der Waals surface area contributed by atoms with Crippen LogP contribution < -0.4 is 0 Å². The molecule has 2 heterocycles. The van der Waals surface area contributed by atoms with Gasteiger partial charge in [-0.3, -0.25) is 9.59 Å². The van der Waals surface area contributed by atoms with E-state index in [1.54, 1.807) is 0 Å². The topological polar surface area (TPSA) is 40.6 Å². The van der Waals surface area contributed by atoms with E-state index in [1.165, 1.54) is 9.75 Å². The number of carbonyl (C=O) groups excluding carboxylic acids is 2. The van der Waals surface area contributed by atoms with Crippen molar-refractivity contribution in [1.29, 1.82) is 0 Å². The number of amides is 2. The van der Waals surface area contributed by atoms with E-state index in [2.05, 4.69) is 19.1 Å². The molecule has 5 heteroatoms. The molecule has 1 saturated carbocycles. The zero-order valence-electron chi connectivity index (χ0n) is 13.4. The molecule has 2 atom stereocenters. The highest BCUT2D eigenvalue weighted by Crippen LogP contribution is 2.50. The van der Waals surface area contributed by atoms with Crippen LogP contribution in [0.1, 0.15) is 41.9 Å². The molecule has 3 rings (SSSR count). The molecule has 1 aliphatic heterocycles. The van der Waals surface area contributed by atoms with Crippen molar-refractivity contribution >= 4 is 23.2 Å². The summed E-state index contributed by atoms with van der Waals surface area (Å²) in [7, 11) is 0. The maximum absolute atomic E-state index is 12.7. The molecule has 120 valence electrons. The zero-order chi connectivity index (χ0) is 15.7. The van der Waals surface area contributed by atoms with Gasteiger partial charge in [-0.2, -0.15) is 0 Å². The fraction of sp³-hybridized carbons (Fsp3) is 0.647. The van der Waals surface area contributed by atoms with Crippen LogP contribution in [0.3, 0.4) is 0 Å². The molecule has 1 aliphatic carbocycles. The minimum absolute atomic E-state index is 0.173. The van der Waals surface area contributed by atoms with Gasteiger partial charge in [0.25, 0.3) is 0 Å². The number of carbonyl (C=O) groups is 2. The predicted molar refractivity (Wildman–Crippen MR) is 88.0 cm³/mol. The first-order valence-corrected chi connectivity index (χ1v) is 9.04. The van der Waals surface area contributed by atoms with Crippen molar-refractivity contribution in [2.75, 3.05) is 26.2 Å². The van der Waals surface area contributed by atoms with Crippen LogP contribution >= 0.6 is 11.3 Å². The Bertz CT molecular complexity index is 569. The molecular weight excluding hydrogens is 296 g/mol. The first-order chi connectivity index (χ1) is 10.6. The van der Waals surface area contributed by atoms with Crippen LogP contribution in [0.2, 0.25) is 0 Å². The van der Waals surface area contributed by atoms with E-state index in [0.717, 1.165) is 25.9 Å². The minimum atomic E-state index is 0.173. The van der Waals surface area contributed by atoms with E-state index < -0.39 is 0 Å². The lowest BCUT2D eigenvalue weighted by Crippen LogP contribution is -2.37. The molecule has 1 saturated heterocycles. The van der Waals surface area contributed by atoms with Crippen molar-refractivity contribution in [3.05, 3.63) is 21.9 Å². The second kappa shape index (κ2) is 6.41. The van der Waals surface area contributed by atoms with Gasteiger partial charge in [0.15, 0.2) is 0 Å². The Morgan fingerprint density at radius 1 is 1.18 bits per heavy atom. The van der Waals surface area contributed by atoms with Crippen molar-refractivity contribution in [3.63, 3.8) is 0 Å². The monoisotopic (exact) mass is 320 g/mol. The Labute approximate surface area is 136 Å². The van der Waals surface area contributed by atoms with Crippen LogP contribution in [-0.4, -0.2) is 47.8 Å². The summed E-state index contributed by atoms with van der Waals surface area (Å²) in [6, 6.07) is 4.31. The van der Waals surface area contributed by atoms with Crippen LogP contribution in [0, 0.1) is 12.8 Å². The zero-order valence-corrected chi connectivity index (χ0v) is 14.2. The molecule has 0 radical (unpaired) electrons. The summed E-state index contributed by atoms with van der Waals surface area (Å²) in [4.78, 5) is 31.0. The molecule has 1 aromatic heterocycles. The summed E-state index contributed by atoms with van der Waals surface area (Å²) in [5, 5.41) is 0. The van der Waals surface area contributed by atoms with Gasteiger partial charge in [0.05, 0.1) is 0 Å². The lowest BCUT2D eigenvalue weighted by molar-refractivity contribution is -0.134. The molecule has 0 aromatic carbocycles. The number of nitrogens with zero attached hydrogens (tertiary/aromatic N) is 2. The summed E-state index contributed by atoms with van der Waals surface area (Å²) in [6.07, 6.45) is 2.44. The van der Waals surface area contributed by atoms with Gasteiger partial charge >= 0.3 is 0 Å². The minimum Gasteiger partial charge on any atom is -0.341 e. The molecular formula is C17H24N2O2S. The summed E-state index contributed by atoms with van der Waals surface area (Å²) >= 11 is 1.81. The summed E-state index contributed by atoms with van der Waals surface area (Å²) in [5.74, 6) is 1.10. The van der Waals surface area contributed by atoms with Gasteiger partial charge < -0.3 is 9.80 Å². The van der Waals surface area contributed by atoms with Crippen LogP contribution in [0.25, 0.3) is 0 Å². The highest BCUT2D eigenvalue weighted by atomic mass is 32.1. The van der Waals surface area contributed by atoms with Crippen molar-refractivity contribution in [3.8, 4) is 0 Å². The largest absolute Gasteiger partial charge is 0.341 e. The van der Waals surface area contributed by atoms with E-state index in [4.69, 9.17) is 0 Å². The highest BCUT2D eigenvalue weighted by Gasteiger charge is 2.46. The van der Waals surface area contributed by atoms with E-state index in [0.29, 0.717) is 31.3 Å². The van der Waals surface area contributed by atoms with Gasteiger partial charge in [0.1, 0.15) is 0 Å². The van der Waals surface area contributed by atoms with Crippen LogP contribution in [0.4, 0.5) is 0 Å². The molecule has 4 nitrogen and oxygen atoms in total. The van der Waals surface area contributed by atoms with Gasteiger partial charge in [0, 0.05) is 54.2 Å². The number of hydrogen-bond acceptors (Lipinski definition) is 3. The average Bonchev–Trinajstić information content (AvgIpc) is 3.26. The molecule has 0 spiro atoms. The number of aryl methyl sites for hydroxylation is 1. The number of hydrogen-bond donors (Lipinski definition) is 0. The Hall–Kier alpha value is -1.36. The van der Waals surface area contributed by atoms with Crippen molar-refractivity contribution in [2.45, 2.75) is 39.0 Å². The summed E-state index contributed by atoms with van der Waals surface area (Å²) in [6.45, 7) is 6.97. The summed E-state index contributed by atoms with van der Waals surface area (Å²) < 4.78 is 0. The first kappa shape index (κ1) is 15.5. The Morgan fingerprint density at radius 3 is 2.59 bits per heavy atom. The maximum atomic E-state index is 12.7. The third kappa shape index (κ3) is 3.19. The highest BCUT2D eigenvalue weighted by molar-refractivity contribution is 7.12. The second-order valence-corrected chi connectivity index (χ2v) is 7.63. The van der Waals surface area contributed by atoms with Gasteiger partial charge in [-0.05, 0) is 31.9 Å². The third-order valence-electron chi connectivity index (χ3n) is 4.70. The van der Waals surface area contributed by atoms with Gasteiger partial charge in [-0.15, -0.1) is 11.3 Å².